The van der Waals surface area contributed by atoms with Crippen molar-refractivity contribution in [3.8, 4) is 0 Å². The average Bonchev–Trinajstić information content (AvgIpc) is 3.10. The average molecular weight is 426 g/mol. The van der Waals surface area contributed by atoms with E-state index in [0.29, 0.717) is 6.42 Å². The lowest BCUT2D eigenvalue weighted by molar-refractivity contribution is -0.125. The Morgan fingerprint density at radius 2 is 1.90 bits per heavy atom. The zero-order valence-electron chi connectivity index (χ0n) is 19.5. The number of fused-ring (bicyclic) bond motifs is 1. The topological polar surface area (TPSA) is 81.2 Å². The Hall–Kier alpha value is -1.88. The highest BCUT2D eigenvalue weighted by Gasteiger charge is 2.37. The summed E-state index contributed by atoms with van der Waals surface area (Å²) >= 11 is 0. The molecular formula is C26H39N3O2. The summed E-state index contributed by atoms with van der Waals surface area (Å²) in [6.45, 7) is 6.63. The molecule has 2 aliphatic rings. The van der Waals surface area contributed by atoms with Gasteiger partial charge in [0.05, 0.1) is 0 Å². The van der Waals surface area contributed by atoms with Gasteiger partial charge >= 0.3 is 0 Å². The molecule has 4 rings (SSSR count). The Morgan fingerprint density at radius 3 is 2.61 bits per heavy atom. The minimum atomic E-state index is -0.0607. The fourth-order valence-electron chi connectivity index (χ4n) is 5.49. The molecule has 2 atom stereocenters. The Bertz CT molecular complexity index is 905. The monoisotopic (exact) mass is 425 g/mol. The van der Waals surface area contributed by atoms with E-state index < -0.39 is 0 Å². The van der Waals surface area contributed by atoms with Crippen LogP contribution in [0.1, 0.15) is 96.4 Å². The maximum Gasteiger partial charge on any atom is 0.220 e. The molecule has 170 valence electrons. The Morgan fingerprint density at radius 1 is 1.16 bits per heavy atom. The van der Waals surface area contributed by atoms with Gasteiger partial charge in [-0.15, -0.1) is 0 Å². The van der Waals surface area contributed by atoms with E-state index in [9.17, 15) is 4.79 Å². The van der Waals surface area contributed by atoms with Crippen LogP contribution in [0.25, 0.3) is 11.1 Å². The van der Waals surface area contributed by atoms with Gasteiger partial charge in [-0.1, -0.05) is 58.9 Å². The lowest BCUT2D eigenvalue weighted by Crippen LogP contribution is -2.50. The summed E-state index contributed by atoms with van der Waals surface area (Å²) in [6, 6.07) is 6.54. The molecule has 31 heavy (non-hydrogen) atoms. The second-order valence-electron chi connectivity index (χ2n) is 11.1. The highest BCUT2D eigenvalue weighted by atomic mass is 16.3. The molecule has 0 saturated heterocycles. The summed E-state index contributed by atoms with van der Waals surface area (Å²) in [4.78, 5) is 17.9. The molecule has 1 aromatic carbocycles. The first kappa shape index (κ1) is 22.3. The molecule has 2 fully saturated rings. The minimum Gasteiger partial charge on any atom is -0.441 e. The number of nitrogens with one attached hydrogen (secondary N) is 1. The molecular weight excluding hydrogens is 386 g/mol. The van der Waals surface area contributed by atoms with Crippen LogP contribution in [-0.4, -0.2) is 23.0 Å². The van der Waals surface area contributed by atoms with E-state index in [1.54, 1.807) is 0 Å². The van der Waals surface area contributed by atoms with Gasteiger partial charge in [-0.05, 0) is 54.2 Å². The largest absolute Gasteiger partial charge is 0.441 e. The molecule has 1 amide bonds. The van der Waals surface area contributed by atoms with E-state index in [1.807, 2.05) is 6.07 Å². The maximum atomic E-state index is 13.0. The van der Waals surface area contributed by atoms with E-state index in [2.05, 4.69) is 38.2 Å². The first-order valence-electron chi connectivity index (χ1n) is 12.2. The second kappa shape index (κ2) is 8.93. The smallest absolute Gasteiger partial charge is 0.220 e. The Balaban J connectivity index is 1.50. The molecule has 2 aromatic rings. The lowest BCUT2D eigenvalue weighted by atomic mass is 9.69. The second-order valence-corrected chi connectivity index (χ2v) is 11.1. The van der Waals surface area contributed by atoms with E-state index >= 15 is 0 Å². The van der Waals surface area contributed by atoms with Gasteiger partial charge in [0.1, 0.15) is 5.52 Å². The predicted molar refractivity (Wildman–Crippen MR) is 125 cm³/mol. The van der Waals surface area contributed by atoms with Crippen LogP contribution in [-0.2, 0) is 16.6 Å². The van der Waals surface area contributed by atoms with Gasteiger partial charge in [-0.2, -0.15) is 0 Å². The molecule has 0 spiro atoms. The number of nitrogens with two attached hydrogens (primary N) is 1. The van der Waals surface area contributed by atoms with Crippen molar-refractivity contribution in [1.29, 1.82) is 0 Å². The van der Waals surface area contributed by atoms with Crippen LogP contribution in [0.15, 0.2) is 22.6 Å². The SMILES string of the molecule is CC(C)(C)c1ccc2oc(CC3(CC(=O)NC4CCCCC4N)CCCCC3)nc2c1. The van der Waals surface area contributed by atoms with Crippen molar-refractivity contribution in [2.75, 3.05) is 0 Å². The zero-order chi connectivity index (χ0) is 22.1. The third-order valence-corrected chi connectivity index (χ3v) is 7.44. The van der Waals surface area contributed by atoms with Crippen LogP contribution in [0.2, 0.25) is 0 Å². The predicted octanol–water partition coefficient (Wildman–Crippen LogP) is 5.39. The summed E-state index contributed by atoms with van der Waals surface area (Å²) in [5.41, 5.74) is 9.30. The summed E-state index contributed by atoms with van der Waals surface area (Å²) in [5.74, 6) is 0.917. The molecule has 0 radical (unpaired) electrons. The highest BCUT2D eigenvalue weighted by Crippen LogP contribution is 2.42. The van der Waals surface area contributed by atoms with E-state index in [1.165, 1.54) is 31.2 Å². The first-order valence-corrected chi connectivity index (χ1v) is 12.2. The number of aromatic nitrogens is 1. The summed E-state index contributed by atoms with van der Waals surface area (Å²) in [5, 5.41) is 3.26. The number of hydrogen-bond acceptors (Lipinski definition) is 4. The number of nitrogens with zero attached hydrogens (tertiary/aromatic N) is 1. The molecule has 1 heterocycles. The molecule has 3 N–H and O–H groups in total. The highest BCUT2D eigenvalue weighted by molar-refractivity contribution is 5.77. The fourth-order valence-corrected chi connectivity index (χ4v) is 5.49. The number of oxazole rings is 1. The van der Waals surface area contributed by atoms with Crippen LogP contribution in [0, 0.1) is 5.41 Å². The number of rotatable bonds is 5. The molecule has 0 aliphatic heterocycles. The van der Waals surface area contributed by atoms with Crippen molar-refractivity contribution >= 4 is 17.0 Å². The Labute approximate surface area is 186 Å². The van der Waals surface area contributed by atoms with Crippen molar-refractivity contribution in [2.45, 2.75) is 109 Å². The number of carbonyl (C=O) groups excluding carboxylic acids is 1. The summed E-state index contributed by atoms with van der Waals surface area (Å²) in [7, 11) is 0. The fraction of sp³-hybridized carbons (Fsp3) is 0.692. The van der Waals surface area contributed by atoms with Crippen molar-refractivity contribution in [3.05, 3.63) is 29.7 Å². The first-order chi connectivity index (χ1) is 14.7. The van der Waals surface area contributed by atoms with Gasteiger partial charge in [0.25, 0.3) is 0 Å². The van der Waals surface area contributed by atoms with E-state index in [4.69, 9.17) is 15.1 Å². The van der Waals surface area contributed by atoms with Crippen LogP contribution in [0.3, 0.4) is 0 Å². The van der Waals surface area contributed by atoms with Gasteiger partial charge < -0.3 is 15.5 Å². The zero-order valence-corrected chi connectivity index (χ0v) is 19.5. The third-order valence-electron chi connectivity index (χ3n) is 7.44. The van der Waals surface area contributed by atoms with Gasteiger partial charge in [0, 0.05) is 24.9 Å². The number of carbonyl (C=O) groups is 1. The molecule has 2 saturated carbocycles. The van der Waals surface area contributed by atoms with Crippen molar-refractivity contribution in [1.82, 2.24) is 10.3 Å². The van der Waals surface area contributed by atoms with Crippen LogP contribution in [0.5, 0.6) is 0 Å². The van der Waals surface area contributed by atoms with Gasteiger partial charge in [-0.25, -0.2) is 4.98 Å². The van der Waals surface area contributed by atoms with E-state index in [0.717, 1.165) is 55.5 Å². The molecule has 0 bridgehead atoms. The van der Waals surface area contributed by atoms with Crippen molar-refractivity contribution in [2.24, 2.45) is 11.1 Å². The number of benzene rings is 1. The van der Waals surface area contributed by atoms with E-state index in [-0.39, 0.29) is 28.8 Å². The van der Waals surface area contributed by atoms with Gasteiger partial charge in [0.2, 0.25) is 5.91 Å². The molecule has 5 heteroatoms. The number of amides is 1. The van der Waals surface area contributed by atoms with Crippen LogP contribution >= 0.6 is 0 Å². The standard InChI is InChI=1S/C26H39N3O2/c1-25(2,3)18-11-12-22-21(15-18)29-24(31-22)17-26(13-7-4-8-14-26)16-23(30)28-20-10-6-5-9-19(20)27/h11-12,15,19-20H,4-10,13-14,16-17,27H2,1-3H3,(H,28,30). The van der Waals surface area contributed by atoms with Crippen LogP contribution < -0.4 is 11.1 Å². The van der Waals surface area contributed by atoms with Gasteiger partial charge in [-0.3, -0.25) is 4.79 Å². The van der Waals surface area contributed by atoms with Gasteiger partial charge in [0.15, 0.2) is 11.5 Å². The molecule has 2 unspecified atom stereocenters. The normalized spacial score (nSPS) is 24.3. The van der Waals surface area contributed by atoms with Crippen LogP contribution in [0.4, 0.5) is 0 Å². The maximum absolute atomic E-state index is 13.0. The lowest BCUT2D eigenvalue weighted by Gasteiger charge is -2.37. The molecule has 1 aromatic heterocycles. The minimum absolute atomic E-state index is 0.0607. The summed E-state index contributed by atoms with van der Waals surface area (Å²) in [6.07, 6.45) is 11.3. The number of hydrogen-bond donors (Lipinski definition) is 2. The Kier molecular flexibility index (Phi) is 6.43. The van der Waals surface area contributed by atoms with Crippen molar-refractivity contribution < 1.29 is 9.21 Å². The quantitative estimate of drug-likeness (QED) is 0.672. The molecule has 2 aliphatic carbocycles. The molecule has 5 nitrogen and oxygen atoms in total. The summed E-state index contributed by atoms with van der Waals surface area (Å²) < 4.78 is 6.15. The van der Waals surface area contributed by atoms with Crippen molar-refractivity contribution in [3.63, 3.8) is 0 Å². The third kappa shape index (κ3) is 5.31.